The first-order chi connectivity index (χ1) is 9.00. The van der Waals surface area contributed by atoms with Crippen molar-refractivity contribution in [3.05, 3.63) is 35.4 Å². The zero-order valence-electron chi connectivity index (χ0n) is 12.1. The highest BCUT2D eigenvalue weighted by molar-refractivity contribution is 5.69. The standard InChI is InChI=1S/C16H25NO2/c1-12-7-4-5-10-15(12)11-17-14(3)9-6-8-13(2)16(18)19/h4-5,7,10,13-14,17H,6,8-9,11H2,1-3H3,(H,18,19). The van der Waals surface area contributed by atoms with Crippen molar-refractivity contribution in [2.45, 2.75) is 52.6 Å². The van der Waals surface area contributed by atoms with Gasteiger partial charge in [0.2, 0.25) is 0 Å². The molecule has 1 rings (SSSR count). The van der Waals surface area contributed by atoms with Gasteiger partial charge in [-0.2, -0.15) is 0 Å². The maximum atomic E-state index is 10.7. The molecule has 0 spiro atoms. The molecule has 1 aromatic rings. The summed E-state index contributed by atoms with van der Waals surface area (Å²) in [6.07, 6.45) is 2.73. The number of carboxylic acids is 1. The van der Waals surface area contributed by atoms with E-state index in [1.807, 2.05) is 0 Å². The van der Waals surface area contributed by atoms with Crippen LogP contribution < -0.4 is 5.32 Å². The number of carboxylic acid groups (broad SMARTS) is 1. The van der Waals surface area contributed by atoms with Crippen LogP contribution in [0.4, 0.5) is 0 Å². The van der Waals surface area contributed by atoms with Crippen molar-refractivity contribution < 1.29 is 9.90 Å². The highest BCUT2D eigenvalue weighted by Crippen LogP contribution is 2.11. The van der Waals surface area contributed by atoms with Gasteiger partial charge in [-0.3, -0.25) is 4.79 Å². The molecule has 0 fully saturated rings. The van der Waals surface area contributed by atoms with Gasteiger partial charge in [-0.25, -0.2) is 0 Å². The van der Waals surface area contributed by atoms with Crippen LogP contribution in [0.5, 0.6) is 0 Å². The molecule has 3 nitrogen and oxygen atoms in total. The summed E-state index contributed by atoms with van der Waals surface area (Å²) in [6.45, 7) is 6.93. The Hall–Kier alpha value is -1.35. The summed E-state index contributed by atoms with van der Waals surface area (Å²) >= 11 is 0. The molecule has 0 aromatic heterocycles. The van der Waals surface area contributed by atoms with Gasteiger partial charge in [-0.1, -0.05) is 37.6 Å². The zero-order valence-corrected chi connectivity index (χ0v) is 12.1. The summed E-state index contributed by atoms with van der Waals surface area (Å²) in [4.78, 5) is 10.7. The second-order valence-electron chi connectivity index (χ2n) is 5.38. The topological polar surface area (TPSA) is 49.3 Å². The summed E-state index contributed by atoms with van der Waals surface area (Å²) in [5.74, 6) is -0.927. The van der Waals surface area contributed by atoms with E-state index < -0.39 is 5.97 Å². The number of aliphatic carboxylic acids is 1. The molecule has 0 aliphatic carbocycles. The van der Waals surface area contributed by atoms with E-state index >= 15 is 0 Å². The molecule has 0 saturated carbocycles. The first-order valence-electron chi connectivity index (χ1n) is 7.01. The van der Waals surface area contributed by atoms with Gasteiger partial charge in [0.1, 0.15) is 0 Å². The van der Waals surface area contributed by atoms with Gasteiger partial charge in [0, 0.05) is 12.6 Å². The Kier molecular flexibility index (Phi) is 6.57. The second-order valence-corrected chi connectivity index (χ2v) is 5.38. The molecule has 1 aromatic carbocycles. The molecule has 0 aliphatic rings. The Balaban J connectivity index is 2.23. The molecular weight excluding hydrogens is 238 g/mol. The fourth-order valence-corrected chi connectivity index (χ4v) is 2.05. The average molecular weight is 263 g/mol. The molecule has 2 N–H and O–H groups in total. The fourth-order valence-electron chi connectivity index (χ4n) is 2.05. The first-order valence-corrected chi connectivity index (χ1v) is 7.01. The van der Waals surface area contributed by atoms with E-state index in [0.717, 1.165) is 25.8 Å². The lowest BCUT2D eigenvalue weighted by Crippen LogP contribution is -2.26. The van der Waals surface area contributed by atoms with Gasteiger partial charge in [-0.05, 0) is 37.8 Å². The number of benzene rings is 1. The molecule has 2 atom stereocenters. The summed E-state index contributed by atoms with van der Waals surface area (Å²) < 4.78 is 0. The van der Waals surface area contributed by atoms with Crippen LogP contribution in [0.15, 0.2) is 24.3 Å². The molecule has 2 unspecified atom stereocenters. The van der Waals surface area contributed by atoms with Crippen LogP contribution >= 0.6 is 0 Å². The third-order valence-corrected chi connectivity index (χ3v) is 3.60. The van der Waals surface area contributed by atoms with Crippen molar-refractivity contribution in [1.82, 2.24) is 5.32 Å². The Labute approximate surface area is 116 Å². The zero-order chi connectivity index (χ0) is 14.3. The molecule has 0 radical (unpaired) electrons. The van der Waals surface area contributed by atoms with Gasteiger partial charge >= 0.3 is 5.97 Å². The lowest BCUT2D eigenvalue weighted by atomic mass is 10.0. The SMILES string of the molecule is Cc1ccccc1CNC(C)CCCC(C)C(=O)O. The van der Waals surface area contributed by atoms with Gasteiger partial charge in [-0.15, -0.1) is 0 Å². The fraction of sp³-hybridized carbons (Fsp3) is 0.562. The lowest BCUT2D eigenvalue weighted by Gasteiger charge is -2.15. The Bertz CT molecular complexity index is 403. The van der Waals surface area contributed by atoms with Crippen LogP contribution in [0.2, 0.25) is 0 Å². The maximum Gasteiger partial charge on any atom is 0.306 e. The van der Waals surface area contributed by atoms with E-state index in [1.165, 1.54) is 11.1 Å². The number of rotatable bonds is 8. The van der Waals surface area contributed by atoms with Crippen molar-refractivity contribution in [1.29, 1.82) is 0 Å². The summed E-state index contributed by atoms with van der Waals surface area (Å²) in [5, 5.41) is 12.3. The molecule has 0 saturated heterocycles. The van der Waals surface area contributed by atoms with E-state index in [1.54, 1.807) is 6.92 Å². The predicted molar refractivity (Wildman–Crippen MR) is 78.1 cm³/mol. The van der Waals surface area contributed by atoms with E-state index in [0.29, 0.717) is 6.04 Å². The molecule has 0 aliphatic heterocycles. The smallest absolute Gasteiger partial charge is 0.306 e. The minimum atomic E-state index is -0.694. The third kappa shape index (κ3) is 5.88. The van der Waals surface area contributed by atoms with E-state index in [9.17, 15) is 4.79 Å². The van der Waals surface area contributed by atoms with Gasteiger partial charge in [0.05, 0.1) is 5.92 Å². The van der Waals surface area contributed by atoms with Crippen LogP contribution in [0, 0.1) is 12.8 Å². The van der Waals surface area contributed by atoms with E-state index in [2.05, 4.69) is 43.4 Å². The molecule has 3 heteroatoms. The Morgan fingerprint density at radius 3 is 2.58 bits per heavy atom. The Morgan fingerprint density at radius 1 is 1.26 bits per heavy atom. The van der Waals surface area contributed by atoms with Gasteiger partial charge in [0.15, 0.2) is 0 Å². The van der Waals surface area contributed by atoms with Crippen LogP contribution in [-0.2, 0) is 11.3 Å². The maximum absolute atomic E-state index is 10.7. The number of nitrogens with one attached hydrogen (secondary N) is 1. The summed E-state index contributed by atoms with van der Waals surface area (Å²) in [6, 6.07) is 8.79. The van der Waals surface area contributed by atoms with Crippen molar-refractivity contribution in [2.75, 3.05) is 0 Å². The predicted octanol–water partition coefficient (Wildman–Crippen LogP) is 3.36. The third-order valence-electron chi connectivity index (χ3n) is 3.60. The average Bonchev–Trinajstić information content (AvgIpc) is 2.37. The number of hydrogen-bond donors (Lipinski definition) is 2. The van der Waals surface area contributed by atoms with Crippen LogP contribution in [0.3, 0.4) is 0 Å². The quantitative estimate of drug-likeness (QED) is 0.756. The largest absolute Gasteiger partial charge is 0.481 e. The number of carbonyl (C=O) groups is 1. The minimum absolute atomic E-state index is 0.233. The minimum Gasteiger partial charge on any atom is -0.481 e. The Morgan fingerprint density at radius 2 is 1.95 bits per heavy atom. The van der Waals surface area contributed by atoms with Crippen LogP contribution in [0.25, 0.3) is 0 Å². The molecule has 106 valence electrons. The molecular formula is C16H25NO2. The number of aryl methyl sites for hydroxylation is 1. The van der Waals surface area contributed by atoms with Crippen molar-refractivity contribution >= 4 is 5.97 Å². The first kappa shape index (κ1) is 15.7. The van der Waals surface area contributed by atoms with Crippen LogP contribution in [-0.4, -0.2) is 17.1 Å². The normalized spacial score (nSPS) is 14.1. The molecule has 0 amide bonds. The van der Waals surface area contributed by atoms with E-state index in [-0.39, 0.29) is 5.92 Å². The van der Waals surface area contributed by atoms with Gasteiger partial charge in [0.25, 0.3) is 0 Å². The summed E-state index contributed by atoms with van der Waals surface area (Å²) in [5.41, 5.74) is 2.63. The van der Waals surface area contributed by atoms with E-state index in [4.69, 9.17) is 5.11 Å². The monoisotopic (exact) mass is 263 g/mol. The lowest BCUT2D eigenvalue weighted by molar-refractivity contribution is -0.141. The van der Waals surface area contributed by atoms with Crippen molar-refractivity contribution in [3.63, 3.8) is 0 Å². The van der Waals surface area contributed by atoms with Crippen LogP contribution in [0.1, 0.15) is 44.2 Å². The highest BCUT2D eigenvalue weighted by atomic mass is 16.4. The molecule has 19 heavy (non-hydrogen) atoms. The number of hydrogen-bond acceptors (Lipinski definition) is 2. The van der Waals surface area contributed by atoms with Gasteiger partial charge < -0.3 is 10.4 Å². The molecule has 0 heterocycles. The highest BCUT2D eigenvalue weighted by Gasteiger charge is 2.11. The van der Waals surface area contributed by atoms with Crippen molar-refractivity contribution in [3.8, 4) is 0 Å². The van der Waals surface area contributed by atoms with Crippen molar-refractivity contribution in [2.24, 2.45) is 5.92 Å². The second kappa shape index (κ2) is 7.95. The molecule has 0 bridgehead atoms. The summed E-state index contributed by atoms with van der Waals surface area (Å²) in [7, 11) is 0.